The molecule has 1 heterocycles. The highest BCUT2D eigenvalue weighted by atomic mass is 16.2. The topological polar surface area (TPSA) is 99.8 Å². The number of hydrazine groups is 1. The molecule has 2 rings (SSSR count). The summed E-state index contributed by atoms with van der Waals surface area (Å²) in [6.45, 7) is 1.83. The number of H-pyrrole nitrogens is 1. The lowest BCUT2D eigenvalue weighted by Crippen LogP contribution is -2.37. The standard InChI is InChI=1S/C12H19N5O2/c1-2-9-11(19)13-12(16-14-9)17-15-10(18)8-6-4-3-5-7-8/h8H,2-7H2,1H3,(H,15,18)(H2,13,16,17,19). The number of carbonyl (C=O) groups excluding carboxylic acids is 1. The summed E-state index contributed by atoms with van der Waals surface area (Å²) < 4.78 is 0. The third kappa shape index (κ3) is 3.52. The first-order valence-corrected chi connectivity index (χ1v) is 6.72. The number of hydrogen-bond donors (Lipinski definition) is 3. The molecule has 19 heavy (non-hydrogen) atoms. The first kappa shape index (κ1) is 13.5. The molecule has 1 aliphatic rings. The van der Waals surface area contributed by atoms with Gasteiger partial charge in [0.15, 0.2) is 0 Å². The summed E-state index contributed by atoms with van der Waals surface area (Å²) in [5.41, 5.74) is 5.27. The maximum Gasteiger partial charge on any atom is 0.274 e. The lowest BCUT2D eigenvalue weighted by molar-refractivity contribution is -0.125. The molecule has 1 amide bonds. The van der Waals surface area contributed by atoms with Crippen molar-refractivity contribution in [2.45, 2.75) is 45.4 Å². The Labute approximate surface area is 111 Å². The summed E-state index contributed by atoms with van der Waals surface area (Å²) in [7, 11) is 0. The number of amides is 1. The molecule has 0 aromatic carbocycles. The van der Waals surface area contributed by atoms with E-state index in [2.05, 4.69) is 26.0 Å². The van der Waals surface area contributed by atoms with Gasteiger partial charge in [0.25, 0.3) is 5.56 Å². The third-order valence-corrected chi connectivity index (χ3v) is 3.38. The van der Waals surface area contributed by atoms with Crippen LogP contribution in [0.25, 0.3) is 0 Å². The van der Waals surface area contributed by atoms with Gasteiger partial charge < -0.3 is 0 Å². The van der Waals surface area contributed by atoms with E-state index in [1.807, 2.05) is 6.92 Å². The van der Waals surface area contributed by atoms with E-state index in [1.54, 1.807) is 0 Å². The minimum absolute atomic E-state index is 0.0517. The molecule has 104 valence electrons. The van der Waals surface area contributed by atoms with E-state index in [1.165, 1.54) is 6.42 Å². The summed E-state index contributed by atoms with van der Waals surface area (Å²) in [5.74, 6) is 0.157. The molecule has 1 fully saturated rings. The predicted octanol–water partition coefficient (Wildman–Crippen LogP) is 0.751. The number of aromatic nitrogens is 3. The SMILES string of the molecule is CCc1nnc(NNC(=O)C2CCCCC2)[nH]c1=O. The van der Waals surface area contributed by atoms with Crippen molar-refractivity contribution in [2.24, 2.45) is 5.92 Å². The second-order valence-corrected chi connectivity index (χ2v) is 4.75. The van der Waals surface area contributed by atoms with E-state index in [9.17, 15) is 9.59 Å². The number of hydrogen-bond acceptors (Lipinski definition) is 5. The van der Waals surface area contributed by atoms with Crippen LogP contribution < -0.4 is 16.4 Å². The highest BCUT2D eigenvalue weighted by molar-refractivity contribution is 5.79. The van der Waals surface area contributed by atoms with Crippen LogP contribution in [-0.4, -0.2) is 21.1 Å². The lowest BCUT2D eigenvalue weighted by Gasteiger charge is -2.20. The molecule has 3 N–H and O–H groups in total. The van der Waals surface area contributed by atoms with Gasteiger partial charge in [-0.2, -0.15) is 0 Å². The number of nitrogens with one attached hydrogen (secondary N) is 3. The largest absolute Gasteiger partial charge is 0.288 e. The number of aryl methyl sites for hydroxylation is 1. The number of aromatic amines is 1. The van der Waals surface area contributed by atoms with Crippen molar-refractivity contribution in [3.8, 4) is 0 Å². The summed E-state index contributed by atoms with van der Waals surface area (Å²) in [6, 6.07) is 0. The van der Waals surface area contributed by atoms with E-state index >= 15 is 0 Å². The van der Waals surface area contributed by atoms with Gasteiger partial charge in [0.05, 0.1) is 0 Å². The zero-order valence-electron chi connectivity index (χ0n) is 11.0. The molecule has 0 radical (unpaired) electrons. The quantitative estimate of drug-likeness (QED) is 0.698. The molecule has 7 heteroatoms. The Bertz CT molecular complexity index is 493. The van der Waals surface area contributed by atoms with Gasteiger partial charge in [0.2, 0.25) is 11.9 Å². The van der Waals surface area contributed by atoms with Crippen LogP contribution in [0.2, 0.25) is 0 Å². The van der Waals surface area contributed by atoms with Gasteiger partial charge in [0.1, 0.15) is 5.69 Å². The number of rotatable bonds is 4. The molecule has 1 aliphatic carbocycles. The molecule has 1 saturated carbocycles. The average Bonchev–Trinajstić information content (AvgIpc) is 2.46. The molecule has 0 saturated heterocycles. The van der Waals surface area contributed by atoms with E-state index in [4.69, 9.17) is 0 Å². The third-order valence-electron chi connectivity index (χ3n) is 3.38. The predicted molar refractivity (Wildman–Crippen MR) is 70.4 cm³/mol. The van der Waals surface area contributed by atoms with Crippen LogP contribution in [0.15, 0.2) is 4.79 Å². The van der Waals surface area contributed by atoms with Gasteiger partial charge >= 0.3 is 0 Å². The zero-order valence-corrected chi connectivity index (χ0v) is 11.0. The Morgan fingerprint density at radius 3 is 2.68 bits per heavy atom. The highest BCUT2D eigenvalue weighted by Crippen LogP contribution is 2.23. The zero-order chi connectivity index (χ0) is 13.7. The maximum absolute atomic E-state index is 11.9. The van der Waals surface area contributed by atoms with Crippen molar-refractivity contribution in [2.75, 3.05) is 5.43 Å². The Balaban J connectivity index is 1.89. The molecule has 0 atom stereocenters. The monoisotopic (exact) mass is 265 g/mol. The Kier molecular flexibility index (Phi) is 4.48. The van der Waals surface area contributed by atoms with Crippen molar-refractivity contribution in [1.82, 2.24) is 20.6 Å². The van der Waals surface area contributed by atoms with Crippen LogP contribution in [-0.2, 0) is 11.2 Å². The van der Waals surface area contributed by atoms with Crippen LogP contribution in [0.3, 0.4) is 0 Å². The smallest absolute Gasteiger partial charge is 0.274 e. The van der Waals surface area contributed by atoms with Gasteiger partial charge in [-0.3, -0.25) is 25.4 Å². The minimum atomic E-state index is -0.285. The van der Waals surface area contributed by atoms with Gasteiger partial charge in [-0.05, 0) is 19.3 Å². The lowest BCUT2D eigenvalue weighted by atomic mass is 9.89. The Morgan fingerprint density at radius 1 is 1.32 bits per heavy atom. The van der Waals surface area contributed by atoms with Crippen molar-refractivity contribution in [3.05, 3.63) is 16.0 Å². The van der Waals surface area contributed by atoms with Gasteiger partial charge in [-0.1, -0.05) is 26.2 Å². The van der Waals surface area contributed by atoms with Crippen LogP contribution >= 0.6 is 0 Å². The summed E-state index contributed by atoms with van der Waals surface area (Å²) >= 11 is 0. The molecular formula is C12H19N5O2. The molecule has 0 spiro atoms. The van der Waals surface area contributed by atoms with Crippen molar-refractivity contribution < 1.29 is 4.79 Å². The fourth-order valence-corrected chi connectivity index (χ4v) is 2.24. The molecule has 0 bridgehead atoms. The van der Waals surface area contributed by atoms with Gasteiger partial charge in [-0.15, -0.1) is 10.2 Å². The summed E-state index contributed by atoms with van der Waals surface area (Å²) in [5, 5.41) is 7.58. The molecule has 0 aliphatic heterocycles. The summed E-state index contributed by atoms with van der Waals surface area (Å²) in [4.78, 5) is 25.9. The maximum atomic E-state index is 11.9. The second kappa shape index (κ2) is 6.31. The van der Waals surface area contributed by atoms with Crippen LogP contribution in [0, 0.1) is 5.92 Å². The second-order valence-electron chi connectivity index (χ2n) is 4.75. The first-order chi connectivity index (χ1) is 9.20. The number of nitrogens with zero attached hydrogens (tertiary/aromatic N) is 2. The van der Waals surface area contributed by atoms with Crippen molar-refractivity contribution >= 4 is 11.9 Å². The molecular weight excluding hydrogens is 246 g/mol. The fourth-order valence-electron chi connectivity index (χ4n) is 2.24. The number of carbonyl (C=O) groups is 1. The first-order valence-electron chi connectivity index (χ1n) is 6.72. The van der Waals surface area contributed by atoms with E-state index in [0.717, 1.165) is 25.7 Å². The number of anilines is 1. The van der Waals surface area contributed by atoms with Crippen molar-refractivity contribution in [1.29, 1.82) is 0 Å². The van der Waals surface area contributed by atoms with Crippen molar-refractivity contribution in [3.63, 3.8) is 0 Å². The minimum Gasteiger partial charge on any atom is -0.288 e. The molecule has 1 aromatic rings. The van der Waals surface area contributed by atoms with E-state index in [-0.39, 0.29) is 23.3 Å². The fraction of sp³-hybridized carbons (Fsp3) is 0.667. The molecule has 7 nitrogen and oxygen atoms in total. The molecule has 0 unspecified atom stereocenters. The average molecular weight is 265 g/mol. The van der Waals surface area contributed by atoms with Crippen LogP contribution in [0.5, 0.6) is 0 Å². The Hall–Kier alpha value is -1.92. The van der Waals surface area contributed by atoms with Crippen LogP contribution in [0.1, 0.15) is 44.7 Å². The van der Waals surface area contributed by atoms with E-state index < -0.39 is 0 Å². The van der Waals surface area contributed by atoms with Gasteiger partial charge in [-0.25, -0.2) is 0 Å². The highest BCUT2D eigenvalue weighted by Gasteiger charge is 2.20. The summed E-state index contributed by atoms with van der Waals surface area (Å²) in [6.07, 6.45) is 5.76. The molecule has 1 aromatic heterocycles. The van der Waals surface area contributed by atoms with Gasteiger partial charge in [0, 0.05) is 5.92 Å². The Morgan fingerprint density at radius 2 is 2.05 bits per heavy atom. The normalized spacial score (nSPS) is 16.1. The van der Waals surface area contributed by atoms with Crippen LogP contribution in [0.4, 0.5) is 5.95 Å². The van der Waals surface area contributed by atoms with E-state index in [0.29, 0.717) is 12.1 Å².